The van der Waals surface area contributed by atoms with Crippen molar-refractivity contribution >= 4 is 40.2 Å². The Balaban J connectivity index is 1.99. The summed E-state index contributed by atoms with van der Waals surface area (Å²) < 4.78 is 1.88. The highest BCUT2D eigenvalue weighted by molar-refractivity contribution is 6.33. The van der Waals surface area contributed by atoms with Crippen molar-refractivity contribution in [1.82, 2.24) is 19.5 Å². The standard InChI is InChI=1S/C16H21ClN8/c1-8(18)7-21-16-23-14(20)13-15(24-16)25(2)11(22-13)6-9-4-3-5-10(17)12(9)19/h3-5,8H,6-7,18-19H2,1-2H3,(H3,20,21,23,24). The molecule has 0 bridgehead atoms. The van der Waals surface area contributed by atoms with Crippen LogP contribution in [0.15, 0.2) is 18.2 Å². The van der Waals surface area contributed by atoms with Crippen LogP contribution in [0.2, 0.25) is 5.02 Å². The zero-order valence-corrected chi connectivity index (χ0v) is 14.9. The molecule has 0 aliphatic rings. The van der Waals surface area contributed by atoms with Gasteiger partial charge in [0.1, 0.15) is 5.82 Å². The first-order valence-electron chi connectivity index (χ1n) is 7.88. The summed E-state index contributed by atoms with van der Waals surface area (Å²) in [5, 5.41) is 3.60. The van der Waals surface area contributed by atoms with Crippen molar-refractivity contribution in [2.75, 3.05) is 23.3 Å². The fourth-order valence-electron chi connectivity index (χ4n) is 2.52. The predicted octanol–water partition coefficient (Wildman–Crippen LogP) is 1.53. The summed E-state index contributed by atoms with van der Waals surface area (Å²) in [5.74, 6) is 1.52. The molecule has 1 aromatic carbocycles. The summed E-state index contributed by atoms with van der Waals surface area (Å²) in [5.41, 5.74) is 20.5. The first kappa shape index (κ1) is 17.2. The molecule has 25 heavy (non-hydrogen) atoms. The molecule has 3 aromatic rings. The van der Waals surface area contributed by atoms with Crippen LogP contribution in [0.25, 0.3) is 11.2 Å². The van der Waals surface area contributed by atoms with Gasteiger partial charge >= 0.3 is 0 Å². The molecule has 9 heteroatoms. The molecule has 0 fully saturated rings. The highest BCUT2D eigenvalue weighted by atomic mass is 35.5. The molecule has 1 atom stereocenters. The third kappa shape index (κ3) is 3.45. The molecule has 0 amide bonds. The van der Waals surface area contributed by atoms with E-state index in [2.05, 4.69) is 20.3 Å². The maximum Gasteiger partial charge on any atom is 0.226 e. The average molecular weight is 361 g/mol. The van der Waals surface area contributed by atoms with Gasteiger partial charge in [-0.3, -0.25) is 0 Å². The van der Waals surface area contributed by atoms with Crippen molar-refractivity contribution in [3.05, 3.63) is 34.6 Å². The van der Waals surface area contributed by atoms with Crippen LogP contribution in [0.3, 0.4) is 0 Å². The van der Waals surface area contributed by atoms with Gasteiger partial charge in [-0.05, 0) is 18.6 Å². The largest absolute Gasteiger partial charge is 0.397 e. The van der Waals surface area contributed by atoms with E-state index in [-0.39, 0.29) is 6.04 Å². The van der Waals surface area contributed by atoms with Gasteiger partial charge in [0.2, 0.25) is 5.95 Å². The molecule has 132 valence electrons. The van der Waals surface area contributed by atoms with Gasteiger partial charge in [-0.15, -0.1) is 0 Å². The Bertz CT molecular complexity index is 918. The summed E-state index contributed by atoms with van der Waals surface area (Å²) in [4.78, 5) is 13.3. The zero-order chi connectivity index (χ0) is 18.1. The van der Waals surface area contributed by atoms with Gasteiger partial charge in [0.15, 0.2) is 17.0 Å². The van der Waals surface area contributed by atoms with Crippen LogP contribution in [-0.4, -0.2) is 32.1 Å². The SMILES string of the molecule is CC(N)CNc1nc(N)c2nc(Cc3cccc(Cl)c3N)n(C)c2n1. The molecule has 8 nitrogen and oxygen atoms in total. The summed E-state index contributed by atoms with van der Waals surface area (Å²) in [7, 11) is 1.88. The molecule has 0 radical (unpaired) electrons. The molecule has 0 saturated carbocycles. The summed E-state index contributed by atoms with van der Waals surface area (Å²) in [6.07, 6.45) is 0.515. The number of hydrogen-bond donors (Lipinski definition) is 4. The van der Waals surface area contributed by atoms with Crippen LogP contribution in [0.4, 0.5) is 17.5 Å². The Morgan fingerprint density at radius 2 is 2.00 bits per heavy atom. The number of hydrogen-bond acceptors (Lipinski definition) is 7. The minimum absolute atomic E-state index is 0.0200. The molecule has 7 N–H and O–H groups in total. The second-order valence-corrected chi connectivity index (χ2v) is 6.45. The smallest absolute Gasteiger partial charge is 0.226 e. The molecular formula is C16H21ClN8. The third-order valence-corrected chi connectivity index (χ3v) is 4.24. The molecule has 2 heterocycles. The number of anilines is 3. The summed E-state index contributed by atoms with van der Waals surface area (Å²) in [6, 6.07) is 5.52. The zero-order valence-electron chi connectivity index (χ0n) is 14.1. The van der Waals surface area contributed by atoms with Crippen LogP contribution in [0.5, 0.6) is 0 Å². The van der Waals surface area contributed by atoms with Crippen molar-refractivity contribution in [2.24, 2.45) is 12.8 Å². The van der Waals surface area contributed by atoms with E-state index in [1.807, 2.05) is 30.7 Å². The van der Waals surface area contributed by atoms with Gasteiger partial charge in [0.25, 0.3) is 0 Å². The maximum absolute atomic E-state index is 6.09. The number of rotatable bonds is 5. The number of nitrogens with one attached hydrogen (secondary N) is 1. The first-order chi connectivity index (χ1) is 11.9. The second-order valence-electron chi connectivity index (χ2n) is 6.04. The minimum atomic E-state index is -0.0200. The highest BCUT2D eigenvalue weighted by Gasteiger charge is 2.16. The predicted molar refractivity (Wildman–Crippen MR) is 102 cm³/mol. The maximum atomic E-state index is 6.09. The van der Waals surface area contributed by atoms with Crippen LogP contribution in [0, 0.1) is 0 Å². The Hall–Kier alpha value is -2.58. The van der Waals surface area contributed by atoms with E-state index in [9.17, 15) is 0 Å². The van der Waals surface area contributed by atoms with Gasteiger partial charge in [0, 0.05) is 26.1 Å². The number of aryl methyl sites for hydroxylation is 1. The van der Waals surface area contributed by atoms with Gasteiger partial charge in [-0.25, -0.2) is 4.98 Å². The molecule has 0 spiro atoms. The number of benzene rings is 1. The quantitative estimate of drug-likeness (QED) is 0.507. The summed E-state index contributed by atoms with van der Waals surface area (Å²) in [6.45, 7) is 2.45. The molecule has 0 saturated heterocycles. The lowest BCUT2D eigenvalue weighted by molar-refractivity contribution is 0.773. The Morgan fingerprint density at radius 3 is 2.72 bits per heavy atom. The minimum Gasteiger partial charge on any atom is -0.397 e. The summed E-state index contributed by atoms with van der Waals surface area (Å²) >= 11 is 6.09. The van der Waals surface area contributed by atoms with Crippen molar-refractivity contribution in [3.63, 3.8) is 0 Å². The molecular weight excluding hydrogens is 340 g/mol. The molecule has 2 aromatic heterocycles. The van der Waals surface area contributed by atoms with Crippen LogP contribution in [0.1, 0.15) is 18.3 Å². The number of fused-ring (bicyclic) bond motifs is 1. The van der Waals surface area contributed by atoms with E-state index in [1.165, 1.54) is 0 Å². The lowest BCUT2D eigenvalue weighted by Gasteiger charge is -2.08. The fraction of sp³-hybridized carbons (Fsp3) is 0.312. The van der Waals surface area contributed by atoms with E-state index < -0.39 is 0 Å². The van der Waals surface area contributed by atoms with Gasteiger partial charge < -0.3 is 27.1 Å². The van der Waals surface area contributed by atoms with Crippen LogP contribution in [-0.2, 0) is 13.5 Å². The molecule has 0 aliphatic carbocycles. The molecule has 0 aliphatic heterocycles. The Morgan fingerprint density at radius 1 is 1.24 bits per heavy atom. The average Bonchev–Trinajstić information content (AvgIpc) is 2.87. The Labute approximate surface area is 150 Å². The van der Waals surface area contributed by atoms with E-state index in [0.29, 0.717) is 46.6 Å². The first-order valence-corrected chi connectivity index (χ1v) is 8.25. The number of halogens is 1. The number of imidazole rings is 1. The van der Waals surface area contributed by atoms with Crippen molar-refractivity contribution in [2.45, 2.75) is 19.4 Å². The normalized spacial score (nSPS) is 12.5. The van der Waals surface area contributed by atoms with E-state index >= 15 is 0 Å². The number of aromatic nitrogens is 4. The fourth-order valence-corrected chi connectivity index (χ4v) is 2.72. The Kier molecular flexibility index (Phi) is 4.65. The van der Waals surface area contributed by atoms with Crippen LogP contribution >= 0.6 is 11.6 Å². The molecule has 3 rings (SSSR count). The lowest BCUT2D eigenvalue weighted by Crippen LogP contribution is -2.26. The van der Waals surface area contributed by atoms with Crippen molar-refractivity contribution < 1.29 is 0 Å². The third-order valence-electron chi connectivity index (χ3n) is 3.91. The van der Waals surface area contributed by atoms with Gasteiger partial charge in [0.05, 0.1) is 10.7 Å². The van der Waals surface area contributed by atoms with Crippen LogP contribution < -0.4 is 22.5 Å². The highest BCUT2D eigenvalue weighted by Crippen LogP contribution is 2.26. The van der Waals surface area contributed by atoms with E-state index in [0.717, 1.165) is 11.4 Å². The second kappa shape index (κ2) is 6.73. The van der Waals surface area contributed by atoms with E-state index in [1.54, 1.807) is 6.07 Å². The van der Waals surface area contributed by atoms with E-state index in [4.69, 9.17) is 28.8 Å². The molecule has 1 unspecified atom stereocenters. The van der Waals surface area contributed by atoms with Gasteiger partial charge in [-0.2, -0.15) is 9.97 Å². The number of nitrogens with zero attached hydrogens (tertiary/aromatic N) is 4. The lowest BCUT2D eigenvalue weighted by atomic mass is 10.1. The monoisotopic (exact) mass is 360 g/mol. The number of nitrogen functional groups attached to an aromatic ring is 2. The number of para-hydroxylation sites is 1. The van der Waals surface area contributed by atoms with Crippen molar-refractivity contribution in [1.29, 1.82) is 0 Å². The van der Waals surface area contributed by atoms with Crippen molar-refractivity contribution in [3.8, 4) is 0 Å². The topological polar surface area (TPSA) is 134 Å². The van der Waals surface area contributed by atoms with Gasteiger partial charge in [-0.1, -0.05) is 23.7 Å². The number of nitrogens with two attached hydrogens (primary N) is 3.